The first-order valence-electron chi connectivity index (χ1n) is 8.12. The highest BCUT2D eigenvalue weighted by Gasteiger charge is 2.23. The minimum Gasteiger partial charge on any atom is -0.486 e. The molecule has 3 heteroatoms. The van der Waals surface area contributed by atoms with E-state index in [9.17, 15) is 0 Å². The van der Waals surface area contributed by atoms with Crippen LogP contribution in [0.1, 0.15) is 46.1 Å². The second-order valence-corrected chi connectivity index (χ2v) is 6.89. The Morgan fingerprint density at radius 3 is 2.52 bits per heavy atom. The van der Waals surface area contributed by atoms with Gasteiger partial charge in [0.2, 0.25) is 0 Å². The number of benzene rings is 1. The lowest BCUT2D eigenvalue weighted by Crippen LogP contribution is -2.41. The Bertz CT molecular complexity index is 451. The van der Waals surface area contributed by atoms with Crippen molar-refractivity contribution in [2.24, 2.45) is 5.41 Å². The van der Waals surface area contributed by atoms with Gasteiger partial charge in [0, 0.05) is 6.04 Å². The van der Waals surface area contributed by atoms with Gasteiger partial charge in [-0.05, 0) is 48.9 Å². The maximum Gasteiger partial charge on any atom is 0.161 e. The monoisotopic (exact) mass is 291 g/mol. The third-order valence-corrected chi connectivity index (χ3v) is 4.01. The van der Waals surface area contributed by atoms with E-state index < -0.39 is 0 Å². The van der Waals surface area contributed by atoms with E-state index in [1.54, 1.807) is 0 Å². The van der Waals surface area contributed by atoms with Crippen molar-refractivity contribution in [2.75, 3.05) is 19.8 Å². The molecular formula is C18H29NO2. The minimum absolute atomic E-state index is 0.281. The molecule has 1 N–H and O–H groups in total. The number of hydrogen-bond acceptors (Lipinski definition) is 3. The molecule has 0 saturated heterocycles. The number of aryl methyl sites for hydroxylation is 1. The van der Waals surface area contributed by atoms with Crippen molar-refractivity contribution in [3.8, 4) is 11.5 Å². The molecule has 1 aliphatic rings. The van der Waals surface area contributed by atoms with Crippen molar-refractivity contribution in [2.45, 2.75) is 53.0 Å². The van der Waals surface area contributed by atoms with Crippen molar-refractivity contribution < 1.29 is 9.47 Å². The van der Waals surface area contributed by atoms with E-state index in [0.717, 1.165) is 30.9 Å². The van der Waals surface area contributed by atoms with Crippen LogP contribution in [0.25, 0.3) is 0 Å². The van der Waals surface area contributed by atoms with Crippen LogP contribution in [0.2, 0.25) is 0 Å². The average molecular weight is 291 g/mol. The number of rotatable bonds is 6. The summed E-state index contributed by atoms with van der Waals surface area (Å²) in [4.78, 5) is 0. The molecule has 1 aromatic rings. The van der Waals surface area contributed by atoms with Gasteiger partial charge in [-0.25, -0.2) is 0 Å². The molecule has 3 nitrogen and oxygen atoms in total. The summed E-state index contributed by atoms with van der Waals surface area (Å²) in [6, 6.07) is 6.86. The highest BCUT2D eigenvalue weighted by molar-refractivity contribution is 5.43. The maximum absolute atomic E-state index is 5.66. The molecule has 21 heavy (non-hydrogen) atoms. The van der Waals surface area contributed by atoms with Crippen molar-refractivity contribution in [1.29, 1.82) is 0 Å². The van der Waals surface area contributed by atoms with Gasteiger partial charge in [-0.1, -0.05) is 33.8 Å². The van der Waals surface area contributed by atoms with Gasteiger partial charge >= 0.3 is 0 Å². The van der Waals surface area contributed by atoms with E-state index >= 15 is 0 Å². The van der Waals surface area contributed by atoms with Crippen LogP contribution in [-0.2, 0) is 6.42 Å². The van der Waals surface area contributed by atoms with E-state index in [1.165, 1.54) is 12.0 Å². The summed E-state index contributed by atoms with van der Waals surface area (Å²) in [6.45, 7) is 11.5. The van der Waals surface area contributed by atoms with Gasteiger partial charge in [0.1, 0.15) is 13.2 Å². The predicted molar refractivity (Wildman–Crippen MR) is 87.3 cm³/mol. The first-order valence-corrected chi connectivity index (χ1v) is 8.12. The third kappa shape index (κ3) is 4.63. The normalized spacial score (nSPS) is 15.8. The SMILES string of the molecule is CCCNC(CCc1ccc2c(c1)OCCO2)C(C)(C)C. The van der Waals surface area contributed by atoms with Gasteiger partial charge < -0.3 is 14.8 Å². The van der Waals surface area contributed by atoms with E-state index in [0.29, 0.717) is 19.3 Å². The van der Waals surface area contributed by atoms with Gasteiger partial charge in [0.05, 0.1) is 0 Å². The molecule has 1 aliphatic heterocycles. The molecule has 0 saturated carbocycles. The van der Waals surface area contributed by atoms with Gasteiger partial charge in [0.15, 0.2) is 11.5 Å². The summed E-state index contributed by atoms with van der Waals surface area (Å²) in [6.07, 6.45) is 3.38. The van der Waals surface area contributed by atoms with Crippen molar-refractivity contribution >= 4 is 0 Å². The number of nitrogens with one attached hydrogen (secondary N) is 1. The zero-order valence-electron chi connectivity index (χ0n) is 13.9. The highest BCUT2D eigenvalue weighted by Crippen LogP contribution is 2.32. The first-order chi connectivity index (χ1) is 10.0. The number of ether oxygens (including phenoxy) is 2. The third-order valence-electron chi connectivity index (χ3n) is 4.01. The molecule has 0 radical (unpaired) electrons. The molecule has 1 heterocycles. The van der Waals surface area contributed by atoms with E-state index in [-0.39, 0.29) is 5.41 Å². The van der Waals surface area contributed by atoms with Gasteiger partial charge in [-0.2, -0.15) is 0 Å². The average Bonchev–Trinajstić information content (AvgIpc) is 2.45. The lowest BCUT2D eigenvalue weighted by molar-refractivity contribution is 0.171. The Hall–Kier alpha value is -1.22. The van der Waals surface area contributed by atoms with E-state index in [1.807, 2.05) is 6.07 Å². The molecule has 2 rings (SSSR count). The number of hydrogen-bond donors (Lipinski definition) is 1. The zero-order valence-corrected chi connectivity index (χ0v) is 13.9. The lowest BCUT2D eigenvalue weighted by Gasteiger charge is -2.32. The summed E-state index contributed by atoms with van der Waals surface area (Å²) in [7, 11) is 0. The van der Waals surface area contributed by atoms with Crippen molar-refractivity contribution in [3.05, 3.63) is 23.8 Å². The Balaban J connectivity index is 1.97. The van der Waals surface area contributed by atoms with Crippen LogP contribution in [0.15, 0.2) is 18.2 Å². The molecule has 1 aromatic carbocycles. The van der Waals surface area contributed by atoms with Crippen LogP contribution in [0, 0.1) is 5.41 Å². The van der Waals surface area contributed by atoms with Crippen LogP contribution < -0.4 is 14.8 Å². The molecular weight excluding hydrogens is 262 g/mol. The Labute approximate surface area is 129 Å². The van der Waals surface area contributed by atoms with Gasteiger partial charge in [0.25, 0.3) is 0 Å². The fourth-order valence-corrected chi connectivity index (χ4v) is 2.71. The van der Waals surface area contributed by atoms with Crippen LogP contribution in [-0.4, -0.2) is 25.8 Å². The maximum atomic E-state index is 5.66. The van der Waals surface area contributed by atoms with E-state index in [2.05, 4.69) is 45.1 Å². The van der Waals surface area contributed by atoms with Gasteiger partial charge in [-0.3, -0.25) is 0 Å². The summed E-state index contributed by atoms with van der Waals surface area (Å²) < 4.78 is 11.2. The Kier molecular flexibility index (Phi) is 5.51. The first kappa shape index (κ1) is 16.2. The molecule has 0 aromatic heterocycles. The summed E-state index contributed by atoms with van der Waals surface area (Å²) >= 11 is 0. The second-order valence-electron chi connectivity index (χ2n) is 6.89. The standard InChI is InChI=1S/C18H29NO2/c1-5-10-19-17(18(2,3)4)9-7-14-6-8-15-16(13-14)21-12-11-20-15/h6,8,13,17,19H,5,7,9-12H2,1-4H3. The van der Waals surface area contributed by atoms with Crippen molar-refractivity contribution in [3.63, 3.8) is 0 Å². The van der Waals surface area contributed by atoms with Gasteiger partial charge in [-0.15, -0.1) is 0 Å². The van der Waals surface area contributed by atoms with E-state index in [4.69, 9.17) is 9.47 Å². The minimum atomic E-state index is 0.281. The molecule has 0 fully saturated rings. The predicted octanol–water partition coefficient (Wildman–Crippen LogP) is 3.80. The fourth-order valence-electron chi connectivity index (χ4n) is 2.71. The molecule has 1 atom stereocenters. The summed E-state index contributed by atoms with van der Waals surface area (Å²) in [5, 5.41) is 3.69. The largest absolute Gasteiger partial charge is 0.486 e. The van der Waals surface area contributed by atoms with Crippen LogP contribution in [0.3, 0.4) is 0 Å². The van der Waals surface area contributed by atoms with Crippen LogP contribution >= 0.6 is 0 Å². The molecule has 0 spiro atoms. The fraction of sp³-hybridized carbons (Fsp3) is 0.667. The molecule has 0 amide bonds. The topological polar surface area (TPSA) is 30.5 Å². The molecule has 118 valence electrons. The summed E-state index contributed by atoms with van der Waals surface area (Å²) in [5.41, 5.74) is 1.61. The highest BCUT2D eigenvalue weighted by atomic mass is 16.6. The zero-order chi connectivity index (χ0) is 15.3. The van der Waals surface area contributed by atoms with Crippen LogP contribution in [0.4, 0.5) is 0 Å². The second kappa shape index (κ2) is 7.17. The molecule has 0 aliphatic carbocycles. The quantitative estimate of drug-likeness (QED) is 0.864. The smallest absolute Gasteiger partial charge is 0.161 e. The van der Waals surface area contributed by atoms with Crippen LogP contribution in [0.5, 0.6) is 11.5 Å². The molecule has 1 unspecified atom stereocenters. The molecule has 0 bridgehead atoms. The summed E-state index contributed by atoms with van der Waals surface area (Å²) in [5.74, 6) is 1.77. The lowest BCUT2D eigenvalue weighted by atomic mass is 9.83. The Morgan fingerprint density at radius 1 is 1.14 bits per heavy atom. The van der Waals surface area contributed by atoms with Crippen molar-refractivity contribution in [1.82, 2.24) is 5.32 Å². The number of fused-ring (bicyclic) bond motifs is 1. The Morgan fingerprint density at radius 2 is 1.86 bits per heavy atom.